The van der Waals surface area contributed by atoms with E-state index < -0.39 is 0 Å². The molecule has 0 saturated heterocycles. The van der Waals surface area contributed by atoms with E-state index in [9.17, 15) is 14.0 Å². The lowest BCUT2D eigenvalue weighted by atomic mass is 10.1. The van der Waals surface area contributed by atoms with Crippen LogP contribution in [0.2, 0.25) is 0 Å². The van der Waals surface area contributed by atoms with Gasteiger partial charge in [0.1, 0.15) is 5.82 Å². The first-order valence-electron chi connectivity index (χ1n) is 13.0. The van der Waals surface area contributed by atoms with Gasteiger partial charge in [-0.2, -0.15) is 0 Å². The molecule has 5 rings (SSSR count). The van der Waals surface area contributed by atoms with Crippen LogP contribution in [0, 0.1) is 5.82 Å². The van der Waals surface area contributed by atoms with Crippen LogP contribution in [0.4, 0.5) is 10.1 Å². The van der Waals surface area contributed by atoms with Gasteiger partial charge in [-0.25, -0.2) is 4.39 Å². The molecular formula is C33H29FN2O2S. The van der Waals surface area contributed by atoms with Crippen molar-refractivity contribution < 1.29 is 14.0 Å². The van der Waals surface area contributed by atoms with Crippen LogP contribution in [0.5, 0.6) is 0 Å². The van der Waals surface area contributed by atoms with Gasteiger partial charge in [0.25, 0.3) is 11.8 Å². The highest BCUT2D eigenvalue weighted by atomic mass is 32.2. The molecule has 1 aliphatic rings. The molecule has 4 nitrogen and oxygen atoms in total. The van der Waals surface area contributed by atoms with Gasteiger partial charge in [-0.05, 0) is 67.3 Å². The normalized spacial score (nSPS) is 14.7. The summed E-state index contributed by atoms with van der Waals surface area (Å²) < 4.78 is 14.4. The maximum Gasteiger partial charge on any atom is 0.265 e. The third-order valence-electron chi connectivity index (χ3n) is 6.68. The number of fused-ring (bicyclic) bond motifs is 1. The first-order chi connectivity index (χ1) is 19.0. The average molecular weight is 537 g/mol. The number of benzene rings is 4. The molecule has 1 heterocycles. The Morgan fingerprint density at radius 2 is 1.62 bits per heavy atom. The number of para-hydroxylation sites is 1. The Morgan fingerprint density at radius 1 is 0.923 bits per heavy atom. The first kappa shape index (κ1) is 26.4. The molecular weight excluding hydrogens is 507 g/mol. The molecule has 39 heavy (non-hydrogen) atoms. The average Bonchev–Trinajstić information content (AvgIpc) is 2.96. The standard InChI is InChI=1S/C33H29FN2O2S/c1-23(15-16-24-9-3-2-4-10-24)35-32(37)26-19-17-25(18-20-26)21-31-33(38)36(22-27-11-5-6-12-28(27)34)29-13-7-8-14-30(29)39-31/h2-14,17-21,23H,15-16,22H2,1H3,(H,35,37)/b31-21+/t23-/m1/s1. The number of aryl methyl sites for hydroxylation is 1. The number of amides is 2. The number of carbonyl (C=O) groups is 2. The number of nitrogens with one attached hydrogen (secondary N) is 1. The number of halogens is 1. The van der Waals surface area contributed by atoms with E-state index in [0.717, 1.165) is 29.0 Å². The molecule has 4 aromatic carbocycles. The number of carbonyl (C=O) groups excluding carboxylic acids is 2. The van der Waals surface area contributed by atoms with Crippen molar-refractivity contribution in [3.8, 4) is 0 Å². The van der Waals surface area contributed by atoms with Gasteiger partial charge in [-0.1, -0.05) is 84.6 Å². The molecule has 1 atom stereocenters. The largest absolute Gasteiger partial charge is 0.350 e. The van der Waals surface area contributed by atoms with Crippen LogP contribution in [0.15, 0.2) is 113 Å². The minimum absolute atomic E-state index is 0.0382. The van der Waals surface area contributed by atoms with E-state index >= 15 is 0 Å². The van der Waals surface area contributed by atoms with Crippen molar-refractivity contribution in [1.82, 2.24) is 5.32 Å². The highest BCUT2D eigenvalue weighted by Crippen LogP contribution is 2.42. The first-order valence-corrected chi connectivity index (χ1v) is 13.8. The van der Waals surface area contributed by atoms with Crippen LogP contribution < -0.4 is 10.2 Å². The fraction of sp³-hybridized carbons (Fsp3) is 0.152. The van der Waals surface area contributed by atoms with Gasteiger partial charge < -0.3 is 10.2 Å². The summed E-state index contributed by atoms with van der Waals surface area (Å²) in [5.41, 5.74) is 3.85. The van der Waals surface area contributed by atoms with E-state index in [1.165, 1.54) is 23.4 Å². The zero-order valence-corrected chi connectivity index (χ0v) is 22.5. The van der Waals surface area contributed by atoms with Gasteiger partial charge in [-0.3, -0.25) is 9.59 Å². The topological polar surface area (TPSA) is 49.4 Å². The molecule has 0 fully saturated rings. The molecule has 0 saturated carbocycles. The zero-order chi connectivity index (χ0) is 27.2. The highest BCUT2D eigenvalue weighted by Gasteiger charge is 2.29. The maximum atomic E-state index is 14.4. The summed E-state index contributed by atoms with van der Waals surface area (Å²) in [6.45, 7) is 2.15. The van der Waals surface area contributed by atoms with Crippen molar-refractivity contribution >= 4 is 35.3 Å². The molecule has 0 bridgehead atoms. The van der Waals surface area contributed by atoms with Crippen molar-refractivity contribution in [3.05, 3.63) is 136 Å². The minimum Gasteiger partial charge on any atom is -0.350 e. The Bertz CT molecular complexity index is 1500. The molecule has 0 aliphatic carbocycles. The fourth-order valence-electron chi connectivity index (χ4n) is 4.51. The van der Waals surface area contributed by atoms with Gasteiger partial charge >= 0.3 is 0 Å². The van der Waals surface area contributed by atoms with Gasteiger partial charge in [-0.15, -0.1) is 0 Å². The molecule has 0 spiro atoms. The van der Waals surface area contributed by atoms with Crippen LogP contribution in [0.1, 0.15) is 40.4 Å². The van der Waals surface area contributed by atoms with Gasteiger partial charge in [0.15, 0.2) is 0 Å². The summed E-state index contributed by atoms with van der Waals surface area (Å²) >= 11 is 1.40. The molecule has 6 heteroatoms. The summed E-state index contributed by atoms with van der Waals surface area (Å²) in [7, 11) is 0. The quantitative estimate of drug-likeness (QED) is 0.241. The van der Waals surface area contributed by atoms with Crippen LogP contribution in [-0.2, 0) is 17.8 Å². The Kier molecular flexibility index (Phi) is 8.23. The summed E-state index contributed by atoms with van der Waals surface area (Å²) in [6.07, 6.45) is 3.57. The number of anilines is 1. The Morgan fingerprint density at radius 3 is 2.38 bits per heavy atom. The highest BCUT2D eigenvalue weighted by molar-refractivity contribution is 8.04. The van der Waals surface area contributed by atoms with E-state index in [2.05, 4.69) is 17.4 Å². The second kappa shape index (κ2) is 12.1. The Labute approximate surface area is 232 Å². The van der Waals surface area contributed by atoms with Crippen LogP contribution in [0.3, 0.4) is 0 Å². The van der Waals surface area contributed by atoms with Crippen molar-refractivity contribution in [3.63, 3.8) is 0 Å². The van der Waals surface area contributed by atoms with Gasteiger partial charge in [0.05, 0.1) is 17.1 Å². The predicted molar refractivity (Wildman–Crippen MR) is 156 cm³/mol. The van der Waals surface area contributed by atoms with Crippen LogP contribution >= 0.6 is 11.8 Å². The fourth-order valence-corrected chi connectivity index (χ4v) is 5.56. The number of thioether (sulfide) groups is 1. The van der Waals surface area contributed by atoms with Crippen LogP contribution in [-0.4, -0.2) is 17.9 Å². The number of nitrogens with zero attached hydrogens (tertiary/aromatic N) is 1. The third-order valence-corrected chi connectivity index (χ3v) is 7.75. The van der Waals surface area contributed by atoms with E-state index in [4.69, 9.17) is 0 Å². The third kappa shape index (κ3) is 6.47. The molecule has 2 amide bonds. The van der Waals surface area contributed by atoms with Crippen molar-refractivity contribution in [1.29, 1.82) is 0 Å². The summed E-state index contributed by atoms with van der Waals surface area (Å²) in [5.74, 6) is -0.645. The van der Waals surface area contributed by atoms with Gasteiger partial charge in [0.2, 0.25) is 0 Å². The predicted octanol–water partition coefficient (Wildman–Crippen LogP) is 7.26. The maximum absolute atomic E-state index is 14.4. The van der Waals surface area contributed by atoms with Gasteiger partial charge in [0, 0.05) is 22.1 Å². The lowest BCUT2D eigenvalue weighted by Crippen LogP contribution is -2.34. The summed E-state index contributed by atoms with van der Waals surface area (Å²) in [4.78, 5) is 29.4. The molecule has 1 N–H and O–H groups in total. The molecule has 0 unspecified atom stereocenters. The SMILES string of the molecule is C[C@H](CCc1ccccc1)NC(=O)c1ccc(/C=C2/Sc3ccccc3N(Cc3ccccc3F)C2=O)cc1. The van der Waals surface area contributed by atoms with Crippen molar-refractivity contribution in [2.45, 2.75) is 37.2 Å². The Balaban J connectivity index is 1.28. The Hall–Kier alpha value is -4.16. The zero-order valence-electron chi connectivity index (χ0n) is 21.6. The smallest absolute Gasteiger partial charge is 0.265 e. The minimum atomic E-state index is -0.338. The second-order valence-electron chi connectivity index (χ2n) is 9.58. The lowest BCUT2D eigenvalue weighted by molar-refractivity contribution is -0.114. The van der Waals surface area contributed by atoms with E-state index in [1.54, 1.807) is 35.2 Å². The number of hydrogen-bond acceptors (Lipinski definition) is 3. The summed E-state index contributed by atoms with van der Waals surface area (Å²) in [6, 6.07) is 31.6. The lowest BCUT2D eigenvalue weighted by Gasteiger charge is -2.30. The van der Waals surface area contributed by atoms with E-state index in [1.807, 2.05) is 67.6 Å². The number of hydrogen-bond donors (Lipinski definition) is 1. The van der Waals surface area contributed by atoms with Crippen molar-refractivity contribution in [2.24, 2.45) is 0 Å². The second-order valence-corrected chi connectivity index (χ2v) is 10.7. The molecule has 0 aromatic heterocycles. The summed E-state index contributed by atoms with van der Waals surface area (Å²) in [5, 5.41) is 3.07. The van der Waals surface area contributed by atoms with Crippen LogP contribution in [0.25, 0.3) is 6.08 Å². The van der Waals surface area contributed by atoms with Crippen molar-refractivity contribution in [2.75, 3.05) is 4.90 Å². The van der Waals surface area contributed by atoms with E-state index in [-0.39, 0.29) is 30.2 Å². The molecule has 4 aromatic rings. The molecule has 196 valence electrons. The molecule has 1 aliphatic heterocycles. The monoisotopic (exact) mass is 536 g/mol. The molecule has 0 radical (unpaired) electrons. The number of rotatable bonds is 8. The van der Waals surface area contributed by atoms with E-state index in [0.29, 0.717) is 16.0 Å².